The monoisotopic (exact) mass is 384 g/mol. The molecule has 9 heteroatoms. The number of ketones is 1. The van der Waals surface area contributed by atoms with E-state index in [0.29, 0.717) is 11.3 Å². The number of hydrogen-bond acceptors (Lipinski definition) is 7. The van der Waals surface area contributed by atoms with Crippen LogP contribution in [0.4, 0.5) is 11.4 Å². The summed E-state index contributed by atoms with van der Waals surface area (Å²) in [4.78, 5) is 48.4. The van der Waals surface area contributed by atoms with E-state index in [2.05, 4.69) is 5.32 Å². The van der Waals surface area contributed by atoms with Crippen molar-refractivity contribution in [2.45, 2.75) is 13.0 Å². The zero-order valence-corrected chi connectivity index (χ0v) is 15.4. The van der Waals surface area contributed by atoms with Crippen LogP contribution in [-0.4, -0.2) is 42.2 Å². The van der Waals surface area contributed by atoms with Gasteiger partial charge in [0.2, 0.25) is 11.8 Å². The lowest BCUT2D eigenvalue weighted by molar-refractivity contribution is -0.384. The van der Waals surface area contributed by atoms with Crippen LogP contribution in [0.5, 0.6) is 0 Å². The summed E-state index contributed by atoms with van der Waals surface area (Å²) in [7, 11) is 1.54. The molecule has 0 fully saturated rings. The summed E-state index contributed by atoms with van der Waals surface area (Å²) in [6, 6.07) is 11.3. The molecule has 1 atom stereocenters. The molecule has 0 bridgehead atoms. The van der Waals surface area contributed by atoms with Gasteiger partial charge in [0.15, 0.2) is 5.78 Å². The molecule has 0 heterocycles. The number of anilines is 1. The fourth-order valence-corrected chi connectivity index (χ4v) is 2.49. The molecule has 28 heavy (non-hydrogen) atoms. The summed E-state index contributed by atoms with van der Waals surface area (Å²) in [5.74, 6) is -1.65. The number of nitrogens with two attached hydrogens (primary N) is 1. The molecule has 9 nitrogen and oxygen atoms in total. The van der Waals surface area contributed by atoms with Crippen LogP contribution in [0.25, 0.3) is 0 Å². The van der Waals surface area contributed by atoms with Gasteiger partial charge in [0.25, 0.3) is 5.69 Å². The Morgan fingerprint density at radius 3 is 2.39 bits per heavy atom. The van der Waals surface area contributed by atoms with Gasteiger partial charge < -0.3 is 10.6 Å². The van der Waals surface area contributed by atoms with Crippen LogP contribution in [0.15, 0.2) is 48.5 Å². The topological polar surface area (TPSA) is 136 Å². The van der Waals surface area contributed by atoms with Crippen LogP contribution in [0.3, 0.4) is 0 Å². The van der Waals surface area contributed by atoms with Crippen LogP contribution in [0, 0.1) is 10.1 Å². The molecule has 0 aromatic heterocycles. The van der Waals surface area contributed by atoms with Crippen molar-refractivity contribution < 1.29 is 19.3 Å². The highest BCUT2D eigenvalue weighted by atomic mass is 16.6. The van der Waals surface area contributed by atoms with Crippen LogP contribution in [-0.2, 0) is 9.59 Å². The molecule has 0 aliphatic heterocycles. The van der Waals surface area contributed by atoms with Crippen molar-refractivity contribution in [3.63, 3.8) is 0 Å². The van der Waals surface area contributed by atoms with Gasteiger partial charge in [-0.15, -0.1) is 0 Å². The molecule has 2 aromatic rings. The Labute approximate surface area is 161 Å². The highest BCUT2D eigenvalue weighted by molar-refractivity contribution is 6.13. The molecule has 2 rings (SSSR count). The zero-order chi connectivity index (χ0) is 20.8. The summed E-state index contributed by atoms with van der Waals surface area (Å²) in [6.45, 7) is 1.20. The predicted molar refractivity (Wildman–Crippen MR) is 103 cm³/mol. The summed E-state index contributed by atoms with van der Waals surface area (Å²) >= 11 is 0. The number of carbonyl (C=O) groups is 3. The summed E-state index contributed by atoms with van der Waals surface area (Å²) in [6.07, 6.45) is 0. The number of non-ortho nitro benzene ring substituents is 1. The van der Waals surface area contributed by atoms with Crippen molar-refractivity contribution in [1.29, 1.82) is 0 Å². The second-order valence-electron chi connectivity index (χ2n) is 6.21. The van der Waals surface area contributed by atoms with Crippen molar-refractivity contribution in [2.75, 3.05) is 18.5 Å². The number of nitro groups is 1. The van der Waals surface area contributed by atoms with Crippen molar-refractivity contribution in [1.82, 2.24) is 5.32 Å². The first-order valence-corrected chi connectivity index (χ1v) is 8.39. The highest BCUT2D eigenvalue weighted by Crippen LogP contribution is 2.27. The van der Waals surface area contributed by atoms with Gasteiger partial charge in [0.1, 0.15) is 0 Å². The van der Waals surface area contributed by atoms with E-state index in [1.165, 1.54) is 30.0 Å². The second-order valence-corrected chi connectivity index (χ2v) is 6.21. The quantitative estimate of drug-likeness (QED) is 0.416. The van der Waals surface area contributed by atoms with E-state index in [1.54, 1.807) is 37.4 Å². The maximum Gasteiger partial charge on any atom is 0.270 e. The Balaban J connectivity index is 2.35. The highest BCUT2D eigenvalue weighted by Gasteiger charge is 2.22. The number of nitro benzene ring substituents is 1. The van der Waals surface area contributed by atoms with Gasteiger partial charge in [-0.05, 0) is 13.0 Å². The number of carbonyl (C=O) groups excluding carboxylic acids is 3. The van der Waals surface area contributed by atoms with E-state index in [-0.39, 0.29) is 17.8 Å². The van der Waals surface area contributed by atoms with Crippen molar-refractivity contribution >= 4 is 29.0 Å². The molecule has 2 amide bonds. The minimum atomic E-state index is -0.844. The van der Waals surface area contributed by atoms with Gasteiger partial charge in [-0.25, -0.2) is 0 Å². The normalized spacial score (nSPS) is 11.4. The van der Waals surface area contributed by atoms with Gasteiger partial charge in [0.05, 0.1) is 23.1 Å². The average molecular weight is 384 g/mol. The van der Waals surface area contributed by atoms with E-state index in [1.807, 2.05) is 0 Å². The molecule has 0 aliphatic carbocycles. The number of amides is 2. The molecular formula is C19H20N4O5. The fourth-order valence-electron chi connectivity index (χ4n) is 2.49. The van der Waals surface area contributed by atoms with E-state index >= 15 is 0 Å². The molecule has 0 saturated heterocycles. The number of benzene rings is 2. The number of rotatable bonds is 7. The van der Waals surface area contributed by atoms with E-state index in [4.69, 9.17) is 5.73 Å². The van der Waals surface area contributed by atoms with Crippen molar-refractivity contribution in [3.05, 3.63) is 69.8 Å². The molecule has 0 saturated carbocycles. The minimum absolute atomic E-state index is 0.0780. The largest absolute Gasteiger partial charge is 0.365 e. The second kappa shape index (κ2) is 8.87. The van der Waals surface area contributed by atoms with Crippen LogP contribution in [0.1, 0.15) is 22.8 Å². The third kappa shape index (κ3) is 4.98. The molecule has 0 spiro atoms. The SMILES string of the molecule is C[C@H](N)C(=O)NC(=O)CN(C)c1ccc([N+](=O)[O-])cc1C(=O)c1ccccc1. The smallest absolute Gasteiger partial charge is 0.270 e. The lowest BCUT2D eigenvalue weighted by Gasteiger charge is -2.21. The molecule has 0 unspecified atom stereocenters. The predicted octanol–water partition coefficient (Wildman–Crippen LogP) is 1.25. The fraction of sp³-hybridized carbons (Fsp3) is 0.211. The first kappa shape index (κ1) is 20.7. The Morgan fingerprint density at radius 2 is 1.82 bits per heavy atom. The zero-order valence-electron chi connectivity index (χ0n) is 15.4. The first-order valence-electron chi connectivity index (χ1n) is 8.39. The molecule has 0 aliphatic rings. The number of nitrogens with one attached hydrogen (secondary N) is 1. The van der Waals surface area contributed by atoms with E-state index in [9.17, 15) is 24.5 Å². The number of imide groups is 1. The summed E-state index contributed by atoms with van der Waals surface area (Å²) < 4.78 is 0. The summed E-state index contributed by atoms with van der Waals surface area (Å²) in [5, 5.41) is 13.3. The molecule has 146 valence electrons. The van der Waals surface area contributed by atoms with E-state index < -0.39 is 28.6 Å². The standard InChI is InChI=1S/C19H20N4O5/c1-12(20)19(26)21-17(24)11-22(2)16-9-8-14(23(27)28)10-15(16)18(25)13-6-4-3-5-7-13/h3-10,12H,11,20H2,1-2H3,(H,21,24,26)/t12-/m0/s1. The lowest BCUT2D eigenvalue weighted by Crippen LogP contribution is -2.45. The molecule has 3 N–H and O–H groups in total. The third-order valence-electron chi connectivity index (χ3n) is 3.94. The third-order valence-corrected chi connectivity index (χ3v) is 3.94. The van der Waals surface area contributed by atoms with Gasteiger partial charge in [-0.1, -0.05) is 30.3 Å². The molecule has 2 aromatic carbocycles. The van der Waals surface area contributed by atoms with Gasteiger partial charge in [0, 0.05) is 30.4 Å². The maximum atomic E-state index is 12.9. The van der Waals surface area contributed by atoms with Crippen LogP contribution in [0.2, 0.25) is 0 Å². The van der Waals surface area contributed by atoms with E-state index in [0.717, 1.165) is 0 Å². The van der Waals surface area contributed by atoms with Crippen LogP contribution >= 0.6 is 0 Å². The van der Waals surface area contributed by atoms with Crippen molar-refractivity contribution in [3.8, 4) is 0 Å². The Hall–Kier alpha value is -3.59. The first-order chi connectivity index (χ1) is 13.2. The average Bonchev–Trinajstić information content (AvgIpc) is 2.67. The Kier molecular flexibility index (Phi) is 6.56. The Morgan fingerprint density at radius 1 is 1.18 bits per heavy atom. The lowest BCUT2D eigenvalue weighted by atomic mass is 10.0. The van der Waals surface area contributed by atoms with Crippen molar-refractivity contribution in [2.24, 2.45) is 5.73 Å². The Bertz CT molecular complexity index is 912. The molecule has 0 radical (unpaired) electrons. The van der Waals surface area contributed by atoms with Gasteiger partial charge in [-0.2, -0.15) is 0 Å². The number of likely N-dealkylation sites (N-methyl/N-ethyl adjacent to an activating group) is 1. The molecular weight excluding hydrogens is 364 g/mol. The maximum absolute atomic E-state index is 12.9. The summed E-state index contributed by atoms with van der Waals surface area (Å²) in [5.41, 5.74) is 5.93. The van der Waals surface area contributed by atoms with Gasteiger partial charge >= 0.3 is 0 Å². The van der Waals surface area contributed by atoms with Crippen LogP contribution < -0.4 is 16.0 Å². The number of nitrogens with zero attached hydrogens (tertiary/aromatic N) is 2. The van der Waals surface area contributed by atoms with Gasteiger partial charge in [-0.3, -0.25) is 29.8 Å². The number of hydrogen-bond donors (Lipinski definition) is 2. The minimum Gasteiger partial charge on any atom is -0.365 e.